The molecule has 80 valence electrons. The van der Waals surface area contributed by atoms with Crippen molar-refractivity contribution in [2.45, 2.75) is 13.0 Å². The van der Waals surface area contributed by atoms with Gasteiger partial charge in [-0.2, -0.15) is 0 Å². The summed E-state index contributed by atoms with van der Waals surface area (Å²) >= 11 is 3.52. The van der Waals surface area contributed by atoms with Crippen molar-refractivity contribution in [2.24, 2.45) is 4.99 Å². The maximum absolute atomic E-state index is 4.35. The molecule has 2 N–H and O–H groups in total. The van der Waals surface area contributed by atoms with Crippen LogP contribution in [0.15, 0.2) is 33.7 Å². The van der Waals surface area contributed by atoms with E-state index in [9.17, 15) is 0 Å². The molecule has 2 rings (SSSR count). The first kappa shape index (κ1) is 10.5. The zero-order valence-corrected chi connectivity index (χ0v) is 10.0. The number of hydrogen-bond acceptors (Lipinski definition) is 3. The molecule has 4 heteroatoms. The summed E-state index contributed by atoms with van der Waals surface area (Å²) < 4.78 is 1.13. The highest BCUT2D eigenvalue weighted by Crippen LogP contribution is 2.15. The van der Waals surface area contributed by atoms with Crippen LogP contribution < -0.4 is 10.6 Å². The Hall–Kier alpha value is -1.03. The maximum atomic E-state index is 4.35. The molecule has 1 aromatic rings. The molecule has 0 aromatic heterocycles. The van der Waals surface area contributed by atoms with Gasteiger partial charge in [0.1, 0.15) is 0 Å². The summed E-state index contributed by atoms with van der Waals surface area (Å²) in [6.45, 7) is 2.74. The predicted molar refractivity (Wildman–Crippen MR) is 65.9 cm³/mol. The smallest absolute Gasteiger partial charge is 0.191 e. The molecule has 1 heterocycles. The molecule has 0 atom stereocenters. The quantitative estimate of drug-likeness (QED) is 0.859. The number of guanidine groups is 1. The van der Waals surface area contributed by atoms with E-state index in [-0.39, 0.29) is 0 Å². The predicted octanol–water partition coefficient (Wildman–Crippen LogP) is 1.89. The Balaban J connectivity index is 1.93. The van der Waals surface area contributed by atoms with Crippen molar-refractivity contribution in [3.8, 4) is 0 Å². The van der Waals surface area contributed by atoms with E-state index in [2.05, 4.69) is 37.6 Å². The number of hydrogen-bond donors (Lipinski definition) is 2. The van der Waals surface area contributed by atoms with Gasteiger partial charge in [-0.1, -0.05) is 34.1 Å². The molecule has 15 heavy (non-hydrogen) atoms. The van der Waals surface area contributed by atoms with Gasteiger partial charge in [0.05, 0.1) is 0 Å². The van der Waals surface area contributed by atoms with E-state index in [1.54, 1.807) is 0 Å². The highest BCUT2D eigenvalue weighted by Gasteiger charge is 2.03. The molecule has 0 aliphatic carbocycles. The van der Waals surface area contributed by atoms with E-state index in [0.29, 0.717) is 0 Å². The van der Waals surface area contributed by atoms with Gasteiger partial charge < -0.3 is 10.6 Å². The summed E-state index contributed by atoms with van der Waals surface area (Å²) in [6, 6.07) is 8.20. The number of benzene rings is 1. The van der Waals surface area contributed by atoms with Gasteiger partial charge in [0.15, 0.2) is 5.96 Å². The Morgan fingerprint density at radius 2 is 2.27 bits per heavy atom. The first-order chi connectivity index (χ1) is 7.36. The molecular weight excluding hydrogens is 254 g/mol. The number of rotatable bonds is 2. The molecule has 0 fully saturated rings. The maximum Gasteiger partial charge on any atom is 0.191 e. The van der Waals surface area contributed by atoms with E-state index < -0.39 is 0 Å². The number of halogens is 1. The molecule has 0 saturated carbocycles. The second-order valence-corrected chi connectivity index (χ2v) is 4.31. The van der Waals surface area contributed by atoms with Crippen molar-refractivity contribution in [3.63, 3.8) is 0 Å². The number of aliphatic imine (C=N–C) groups is 1. The third-order valence-corrected chi connectivity index (χ3v) is 3.07. The fraction of sp³-hybridized carbons (Fsp3) is 0.364. The summed E-state index contributed by atoms with van der Waals surface area (Å²) in [5, 5.41) is 6.52. The summed E-state index contributed by atoms with van der Waals surface area (Å²) in [4.78, 5) is 4.35. The van der Waals surface area contributed by atoms with E-state index in [4.69, 9.17) is 0 Å². The lowest BCUT2D eigenvalue weighted by Crippen LogP contribution is -2.40. The number of nitrogens with one attached hydrogen (secondary N) is 2. The van der Waals surface area contributed by atoms with Gasteiger partial charge in [0.25, 0.3) is 0 Å². The standard InChI is InChI=1S/C11H14BrN3/c12-10-5-2-1-4-9(10)8-15-11-13-6-3-7-14-11/h1-2,4-5H,3,6-8H2,(H2,13,14,15). The monoisotopic (exact) mass is 267 g/mol. The lowest BCUT2D eigenvalue weighted by atomic mass is 10.2. The Kier molecular flexibility index (Phi) is 3.61. The SMILES string of the molecule is Brc1ccccc1CNC1=NCCCN1. The second kappa shape index (κ2) is 5.16. The van der Waals surface area contributed by atoms with Gasteiger partial charge in [-0.05, 0) is 18.1 Å². The average Bonchev–Trinajstić information content (AvgIpc) is 2.29. The lowest BCUT2D eigenvalue weighted by molar-refractivity contribution is 0.701. The molecule has 0 radical (unpaired) electrons. The van der Waals surface area contributed by atoms with Crippen LogP contribution in [-0.4, -0.2) is 19.0 Å². The molecule has 0 unspecified atom stereocenters. The van der Waals surface area contributed by atoms with Crippen LogP contribution in [0.25, 0.3) is 0 Å². The molecule has 1 aliphatic heterocycles. The van der Waals surface area contributed by atoms with Crippen molar-refractivity contribution in [2.75, 3.05) is 13.1 Å². The number of nitrogens with zero attached hydrogens (tertiary/aromatic N) is 1. The first-order valence-corrected chi connectivity index (χ1v) is 5.91. The van der Waals surface area contributed by atoms with Gasteiger partial charge >= 0.3 is 0 Å². The van der Waals surface area contributed by atoms with Crippen LogP contribution in [0.2, 0.25) is 0 Å². The molecule has 0 spiro atoms. The van der Waals surface area contributed by atoms with Crippen LogP contribution in [0.5, 0.6) is 0 Å². The van der Waals surface area contributed by atoms with Gasteiger partial charge in [-0.15, -0.1) is 0 Å². The van der Waals surface area contributed by atoms with E-state index >= 15 is 0 Å². The summed E-state index contributed by atoms with van der Waals surface area (Å²) in [7, 11) is 0. The Morgan fingerprint density at radius 3 is 3.00 bits per heavy atom. The first-order valence-electron chi connectivity index (χ1n) is 5.12. The molecule has 1 aliphatic rings. The summed E-state index contributed by atoms with van der Waals surface area (Å²) in [6.07, 6.45) is 1.13. The van der Waals surface area contributed by atoms with E-state index in [1.165, 1.54) is 5.56 Å². The van der Waals surface area contributed by atoms with E-state index in [1.807, 2.05) is 18.2 Å². The third kappa shape index (κ3) is 2.96. The molecule has 0 saturated heterocycles. The minimum Gasteiger partial charge on any atom is -0.356 e. The largest absolute Gasteiger partial charge is 0.356 e. The normalized spacial score (nSPS) is 15.4. The van der Waals surface area contributed by atoms with Crippen LogP contribution in [0.1, 0.15) is 12.0 Å². The van der Waals surface area contributed by atoms with Gasteiger partial charge in [-0.25, -0.2) is 0 Å². The van der Waals surface area contributed by atoms with Crippen LogP contribution in [-0.2, 0) is 6.54 Å². The highest BCUT2D eigenvalue weighted by atomic mass is 79.9. The van der Waals surface area contributed by atoms with Crippen molar-refractivity contribution < 1.29 is 0 Å². The second-order valence-electron chi connectivity index (χ2n) is 3.46. The third-order valence-electron chi connectivity index (χ3n) is 2.30. The van der Waals surface area contributed by atoms with Gasteiger partial charge in [0, 0.05) is 24.1 Å². The van der Waals surface area contributed by atoms with Crippen molar-refractivity contribution in [1.29, 1.82) is 0 Å². The zero-order chi connectivity index (χ0) is 10.5. The average molecular weight is 268 g/mol. The molecule has 1 aromatic carbocycles. The molecule has 3 nitrogen and oxygen atoms in total. The summed E-state index contributed by atoms with van der Waals surface area (Å²) in [5.74, 6) is 0.914. The Labute approximate surface area is 98.1 Å². The van der Waals surface area contributed by atoms with Crippen LogP contribution in [0.3, 0.4) is 0 Å². The van der Waals surface area contributed by atoms with Crippen LogP contribution in [0.4, 0.5) is 0 Å². The lowest BCUT2D eigenvalue weighted by Gasteiger charge is -2.16. The Bertz CT molecular complexity index is 363. The van der Waals surface area contributed by atoms with E-state index in [0.717, 1.165) is 36.5 Å². The molecule has 0 amide bonds. The van der Waals surface area contributed by atoms with Crippen LogP contribution in [0, 0.1) is 0 Å². The topological polar surface area (TPSA) is 36.4 Å². The highest BCUT2D eigenvalue weighted by molar-refractivity contribution is 9.10. The molecule has 0 bridgehead atoms. The van der Waals surface area contributed by atoms with Crippen molar-refractivity contribution in [1.82, 2.24) is 10.6 Å². The zero-order valence-electron chi connectivity index (χ0n) is 8.46. The molecular formula is C11H14BrN3. The van der Waals surface area contributed by atoms with Crippen molar-refractivity contribution >= 4 is 21.9 Å². The fourth-order valence-electron chi connectivity index (χ4n) is 1.47. The minimum absolute atomic E-state index is 0.799. The van der Waals surface area contributed by atoms with Crippen LogP contribution >= 0.6 is 15.9 Å². The van der Waals surface area contributed by atoms with Gasteiger partial charge in [0.2, 0.25) is 0 Å². The fourth-order valence-corrected chi connectivity index (χ4v) is 1.90. The minimum atomic E-state index is 0.799. The van der Waals surface area contributed by atoms with Crippen molar-refractivity contribution in [3.05, 3.63) is 34.3 Å². The summed E-state index contributed by atoms with van der Waals surface area (Å²) in [5.41, 5.74) is 1.24. The van der Waals surface area contributed by atoms with Gasteiger partial charge in [-0.3, -0.25) is 4.99 Å². The Morgan fingerprint density at radius 1 is 1.40 bits per heavy atom.